The highest BCUT2D eigenvalue weighted by atomic mass is 14.8. The molecule has 0 fully saturated rings. The highest BCUT2D eigenvalue weighted by Crippen LogP contribution is 1.89. The maximum Gasteiger partial charge on any atom is 0.0392 e. The van der Waals surface area contributed by atoms with E-state index >= 15 is 0 Å². The first-order valence-corrected chi connectivity index (χ1v) is 5.69. The highest BCUT2D eigenvalue weighted by molar-refractivity contribution is 5.92. The molecule has 0 saturated heterocycles. The molecule has 0 rings (SSSR count). The van der Waals surface area contributed by atoms with Gasteiger partial charge in [-0.2, -0.15) is 0 Å². The number of nitrogens with zero attached hydrogens (tertiary/aromatic N) is 1. The fourth-order valence-electron chi connectivity index (χ4n) is 1.06. The quantitative estimate of drug-likeness (QED) is 0.468. The summed E-state index contributed by atoms with van der Waals surface area (Å²) in [6.07, 6.45) is 7.84. The molecule has 0 atom stereocenters. The van der Waals surface area contributed by atoms with E-state index in [9.17, 15) is 0 Å². The first-order chi connectivity index (χ1) is 6.81. The lowest BCUT2D eigenvalue weighted by Crippen LogP contribution is -2.14. The maximum atomic E-state index is 4.43. The third kappa shape index (κ3) is 9.46. The van der Waals surface area contributed by atoms with Gasteiger partial charge in [0.2, 0.25) is 0 Å². The average molecular weight is 196 g/mol. The van der Waals surface area contributed by atoms with Crippen LogP contribution < -0.4 is 5.32 Å². The van der Waals surface area contributed by atoms with Gasteiger partial charge >= 0.3 is 0 Å². The van der Waals surface area contributed by atoms with Crippen LogP contribution in [0.25, 0.3) is 0 Å². The van der Waals surface area contributed by atoms with Crippen LogP contribution in [-0.2, 0) is 0 Å². The Kier molecular flexibility index (Phi) is 9.98. The van der Waals surface area contributed by atoms with Crippen molar-refractivity contribution in [1.29, 1.82) is 0 Å². The predicted octanol–water partition coefficient (Wildman–Crippen LogP) is 2.80. The van der Waals surface area contributed by atoms with Crippen molar-refractivity contribution in [2.45, 2.75) is 40.0 Å². The van der Waals surface area contributed by atoms with Gasteiger partial charge in [0.05, 0.1) is 0 Å². The summed E-state index contributed by atoms with van der Waals surface area (Å²) in [5.41, 5.74) is 1.14. The lowest BCUT2D eigenvalue weighted by atomic mass is 10.3. The van der Waals surface area contributed by atoms with Gasteiger partial charge in [-0.25, -0.2) is 0 Å². The summed E-state index contributed by atoms with van der Waals surface area (Å²) < 4.78 is 0. The van der Waals surface area contributed by atoms with Crippen LogP contribution in [0.4, 0.5) is 0 Å². The van der Waals surface area contributed by atoms with E-state index in [1.54, 1.807) is 0 Å². The van der Waals surface area contributed by atoms with Crippen molar-refractivity contribution >= 4 is 5.71 Å². The Morgan fingerprint density at radius 2 is 2.07 bits per heavy atom. The van der Waals surface area contributed by atoms with Crippen molar-refractivity contribution in [3.8, 4) is 0 Å². The van der Waals surface area contributed by atoms with Crippen LogP contribution in [0.3, 0.4) is 0 Å². The zero-order valence-electron chi connectivity index (χ0n) is 9.84. The Hall–Kier alpha value is -0.630. The minimum Gasteiger partial charge on any atom is -0.313 e. The van der Waals surface area contributed by atoms with Gasteiger partial charge in [-0.1, -0.05) is 26.3 Å². The summed E-state index contributed by atoms with van der Waals surface area (Å²) in [5.74, 6) is 0. The number of rotatable bonds is 8. The van der Waals surface area contributed by atoms with E-state index in [1.165, 1.54) is 19.3 Å². The molecule has 82 valence electrons. The zero-order valence-corrected chi connectivity index (χ0v) is 9.84. The van der Waals surface area contributed by atoms with Gasteiger partial charge in [-0.3, -0.25) is 4.99 Å². The molecular formula is C12H24N2. The monoisotopic (exact) mass is 196 g/mol. The molecule has 14 heavy (non-hydrogen) atoms. The van der Waals surface area contributed by atoms with Crippen LogP contribution in [0.1, 0.15) is 40.0 Å². The van der Waals surface area contributed by atoms with Gasteiger partial charge in [-0.15, -0.1) is 0 Å². The van der Waals surface area contributed by atoms with Gasteiger partial charge < -0.3 is 5.32 Å². The third-order valence-electron chi connectivity index (χ3n) is 1.92. The van der Waals surface area contributed by atoms with Gasteiger partial charge in [0.15, 0.2) is 0 Å². The zero-order chi connectivity index (χ0) is 10.6. The van der Waals surface area contributed by atoms with E-state index in [-0.39, 0.29) is 0 Å². The molecule has 0 unspecified atom stereocenters. The molecule has 0 spiro atoms. The second-order valence-electron chi connectivity index (χ2n) is 3.48. The van der Waals surface area contributed by atoms with E-state index in [1.807, 2.05) is 0 Å². The third-order valence-corrected chi connectivity index (χ3v) is 1.92. The van der Waals surface area contributed by atoms with E-state index in [2.05, 4.69) is 43.2 Å². The molecule has 0 heterocycles. The highest BCUT2D eigenvalue weighted by Gasteiger charge is 1.84. The summed E-state index contributed by atoms with van der Waals surface area (Å²) in [4.78, 5) is 4.43. The van der Waals surface area contributed by atoms with Crippen molar-refractivity contribution in [3.05, 3.63) is 12.2 Å². The normalized spacial score (nSPS) is 12.6. The molecule has 2 nitrogen and oxygen atoms in total. The minimum atomic E-state index is 0.953. The molecule has 0 aromatic rings. The summed E-state index contributed by atoms with van der Waals surface area (Å²) >= 11 is 0. The van der Waals surface area contributed by atoms with Crippen LogP contribution in [0, 0.1) is 0 Å². The number of nitrogens with one attached hydrogen (secondary N) is 1. The molecular weight excluding hydrogens is 172 g/mol. The van der Waals surface area contributed by atoms with Crippen molar-refractivity contribution in [3.63, 3.8) is 0 Å². The van der Waals surface area contributed by atoms with Gasteiger partial charge in [0.25, 0.3) is 0 Å². The number of aliphatic imine (C=N–C) groups is 1. The number of unbranched alkanes of at least 4 members (excludes halogenated alkanes) is 1. The minimum absolute atomic E-state index is 0.953. The van der Waals surface area contributed by atoms with Crippen LogP contribution in [-0.4, -0.2) is 25.3 Å². The Morgan fingerprint density at radius 1 is 1.29 bits per heavy atom. The molecule has 2 heteroatoms. The molecule has 0 saturated carbocycles. The molecule has 0 aromatic carbocycles. The molecule has 0 aliphatic carbocycles. The molecule has 0 aliphatic heterocycles. The smallest absolute Gasteiger partial charge is 0.0392 e. The molecule has 0 aliphatic rings. The van der Waals surface area contributed by atoms with Crippen LogP contribution in [0.2, 0.25) is 0 Å². The van der Waals surface area contributed by atoms with Gasteiger partial charge in [0, 0.05) is 18.8 Å². The van der Waals surface area contributed by atoms with Crippen molar-refractivity contribution in [1.82, 2.24) is 5.32 Å². The second-order valence-corrected chi connectivity index (χ2v) is 3.48. The molecule has 0 radical (unpaired) electrons. The van der Waals surface area contributed by atoms with Crippen molar-refractivity contribution in [2.24, 2.45) is 4.99 Å². The Labute approximate surface area is 88.5 Å². The topological polar surface area (TPSA) is 24.4 Å². The van der Waals surface area contributed by atoms with Gasteiger partial charge in [0.1, 0.15) is 0 Å². The molecule has 0 amide bonds. The van der Waals surface area contributed by atoms with Crippen LogP contribution in [0.5, 0.6) is 0 Å². The largest absolute Gasteiger partial charge is 0.313 e. The fourth-order valence-corrected chi connectivity index (χ4v) is 1.06. The lowest BCUT2D eigenvalue weighted by molar-refractivity contribution is 0.729. The van der Waals surface area contributed by atoms with Crippen LogP contribution >= 0.6 is 0 Å². The summed E-state index contributed by atoms with van der Waals surface area (Å²) in [5, 5.41) is 3.32. The summed E-state index contributed by atoms with van der Waals surface area (Å²) in [6.45, 7) is 9.44. The van der Waals surface area contributed by atoms with E-state index in [0.29, 0.717) is 0 Å². The summed E-state index contributed by atoms with van der Waals surface area (Å²) in [7, 11) is 0. The number of allylic oxidation sites excluding steroid dienone is 1. The summed E-state index contributed by atoms with van der Waals surface area (Å²) in [6, 6.07) is 0. The SMILES string of the molecule is CCCCN=C(C)C=CCNCCC. The van der Waals surface area contributed by atoms with Crippen LogP contribution in [0.15, 0.2) is 17.1 Å². The fraction of sp³-hybridized carbons (Fsp3) is 0.750. The average Bonchev–Trinajstić information content (AvgIpc) is 2.18. The standard InChI is InChI=1S/C12H24N2/c1-4-6-11-14-12(3)8-7-10-13-9-5-2/h7-8,13H,4-6,9-11H2,1-3H3. The van der Waals surface area contributed by atoms with E-state index in [4.69, 9.17) is 0 Å². The van der Waals surface area contributed by atoms with E-state index in [0.717, 1.165) is 25.3 Å². The lowest BCUT2D eigenvalue weighted by Gasteiger charge is -1.96. The van der Waals surface area contributed by atoms with Crippen molar-refractivity contribution in [2.75, 3.05) is 19.6 Å². The maximum absolute atomic E-state index is 4.43. The molecule has 1 N–H and O–H groups in total. The predicted molar refractivity (Wildman–Crippen MR) is 65.2 cm³/mol. The molecule has 0 bridgehead atoms. The first-order valence-electron chi connectivity index (χ1n) is 5.69. The first kappa shape index (κ1) is 13.4. The Balaban J connectivity index is 3.48. The second kappa shape index (κ2) is 10.5. The van der Waals surface area contributed by atoms with Crippen molar-refractivity contribution < 1.29 is 0 Å². The Morgan fingerprint density at radius 3 is 2.71 bits per heavy atom. The number of hydrogen-bond donors (Lipinski definition) is 1. The van der Waals surface area contributed by atoms with E-state index < -0.39 is 0 Å². The molecule has 0 aromatic heterocycles. The van der Waals surface area contributed by atoms with Gasteiger partial charge in [-0.05, 0) is 32.4 Å². The Bertz CT molecular complexity index is 171. The number of hydrogen-bond acceptors (Lipinski definition) is 2.